The quantitative estimate of drug-likeness (QED) is 0.0946. The Labute approximate surface area is 289 Å². The van der Waals surface area contributed by atoms with Gasteiger partial charge in [-0.2, -0.15) is 0 Å². The highest BCUT2D eigenvalue weighted by atomic mass is 15.1. The zero-order valence-corrected chi connectivity index (χ0v) is 28.3. The molecule has 2 aliphatic rings. The normalized spacial score (nSPS) is 16.7. The minimum absolute atomic E-state index is 0.346. The Kier molecular flexibility index (Phi) is 11.1. The van der Waals surface area contributed by atoms with Crippen LogP contribution >= 0.6 is 0 Å². The Balaban J connectivity index is 1.43. The molecule has 0 amide bonds. The molecule has 6 nitrogen and oxygen atoms in total. The van der Waals surface area contributed by atoms with Crippen molar-refractivity contribution in [2.45, 2.75) is 52.1 Å². The Morgan fingerprint density at radius 2 is 1.59 bits per heavy atom. The van der Waals surface area contributed by atoms with Gasteiger partial charge < -0.3 is 5.32 Å². The van der Waals surface area contributed by atoms with Gasteiger partial charge in [0.25, 0.3) is 0 Å². The second kappa shape index (κ2) is 16.4. The van der Waals surface area contributed by atoms with Crippen molar-refractivity contribution in [3.8, 4) is 11.4 Å². The molecule has 244 valence electrons. The highest BCUT2D eigenvalue weighted by Gasteiger charge is 2.23. The van der Waals surface area contributed by atoms with E-state index >= 15 is 0 Å². The van der Waals surface area contributed by atoms with Crippen LogP contribution in [0.25, 0.3) is 28.2 Å². The lowest BCUT2D eigenvalue weighted by molar-refractivity contribution is 0.716. The van der Waals surface area contributed by atoms with E-state index in [9.17, 15) is 0 Å². The van der Waals surface area contributed by atoms with Gasteiger partial charge in [0, 0.05) is 41.6 Å². The van der Waals surface area contributed by atoms with Crippen LogP contribution < -0.4 is 5.32 Å². The number of nitrogens with zero attached hydrogens (tertiary/aromatic N) is 5. The van der Waals surface area contributed by atoms with Crippen molar-refractivity contribution in [1.29, 1.82) is 0 Å². The summed E-state index contributed by atoms with van der Waals surface area (Å²) in [5.74, 6) is 1.41. The van der Waals surface area contributed by atoms with Crippen molar-refractivity contribution in [1.82, 2.24) is 25.3 Å². The lowest BCUT2D eigenvalue weighted by Crippen LogP contribution is -2.33. The molecule has 0 spiro atoms. The molecule has 0 radical (unpaired) electrons. The van der Waals surface area contributed by atoms with Gasteiger partial charge in [-0.05, 0) is 104 Å². The number of nitrogens with one attached hydrogen (secondary N) is 1. The zero-order valence-electron chi connectivity index (χ0n) is 28.3. The fraction of sp³-hybridized carbons (Fsp3) is 0.186. The average molecular weight is 643 g/mol. The molecule has 49 heavy (non-hydrogen) atoms. The molecular formula is C43H42N6. The van der Waals surface area contributed by atoms with Crippen molar-refractivity contribution >= 4 is 22.6 Å². The van der Waals surface area contributed by atoms with Gasteiger partial charge in [0.2, 0.25) is 0 Å². The van der Waals surface area contributed by atoms with Gasteiger partial charge in [-0.3, -0.25) is 4.99 Å². The Morgan fingerprint density at radius 1 is 0.857 bits per heavy atom. The monoisotopic (exact) mass is 642 g/mol. The van der Waals surface area contributed by atoms with Crippen LogP contribution in [0.4, 0.5) is 0 Å². The fourth-order valence-electron chi connectivity index (χ4n) is 5.97. The highest BCUT2D eigenvalue weighted by molar-refractivity contribution is 6.14. The summed E-state index contributed by atoms with van der Waals surface area (Å²) in [7, 11) is 0. The van der Waals surface area contributed by atoms with E-state index in [0.717, 1.165) is 88.3 Å². The maximum absolute atomic E-state index is 5.40. The van der Waals surface area contributed by atoms with E-state index in [-0.39, 0.29) is 6.17 Å². The number of hydrogen-bond donors (Lipinski definition) is 1. The van der Waals surface area contributed by atoms with Crippen LogP contribution in [0.2, 0.25) is 0 Å². The topological polar surface area (TPSA) is 76.0 Å². The zero-order chi connectivity index (χ0) is 33.8. The highest BCUT2D eigenvalue weighted by Crippen LogP contribution is 2.31. The van der Waals surface area contributed by atoms with Crippen LogP contribution in [0.3, 0.4) is 0 Å². The van der Waals surface area contributed by atoms with Crippen LogP contribution in [0.5, 0.6) is 0 Å². The molecule has 4 aromatic rings. The van der Waals surface area contributed by atoms with Gasteiger partial charge in [0.15, 0.2) is 11.6 Å². The Hall–Kier alpha value is -5.75. The summed E-state index contributed by atoms with van der Waals surface area (Å²) >= 11 is 0. The molecule has 1 atom stereocenters. The fourth-order valence-corrected chi connectivity index (χ4v) is 5.97. The summed E-state index contributed by atoms with van der Waals surface area (Å²) in [5, 5.41) is 3.80. The van der Waals surface area contributed by atoms with E-state index in [4.69, 9.17) is 4.99 Å². The molecule has 1 N–H and O–H groups in total. The van der Waals surface area contributed by atoms with E-state index in [0.29, 0.717) is 5.82 Å². The van der Waals surface area contributed by atoms with Crippen LogP contribution in [0, 0.1) is 0 Å². The minimum Gasteiger partial charge on any atom is -0.360 e. The summed E-state index contributed by atoms with van der Waals surface area (Å²) in [4.78, 5) is 23.4. The van der Waals surface area contributed by atoms with Crippen molar-refractivity contribution in [2.75, 3.05) is 0 Å². The number of hydrogen-bond acceptors (Lipinski definition) is 6. The molecule has 2 aromatic carbocycles. The van der Waals surface area contributed by atoms with Crippen molar-refractivity contribution < 1.29 is 0 Å². The summed E-state index contributed by atoms with van der Waals surface area (Å²) in [6.07, 6.45) is 26.9. The van der Waals surface area contributed by atoms with Crippen molar-refractivity contribution in [3.05, 3.63) is 174 Å². The van der Waals surface area contributed by atoms with E-state index in [1.807, 2.05) is 24.3 Å². The predicted molar refractivity (Wildman–Crippen MR) is 203 cm³/mol. The smallest absolute Gasteiger partial charge is 0.159 e. The van der Waals surface area contributed by atoms with Crippen molar-refractivity contribution in [3.63, 3.8) is 0 Å². The minimum atomic E-state index is -0.346. The molecule has 1 unspecified atom stereocenters. The molecule has 3 heterocycles. The van der Waals surface area contributed by atoms with E-state index in [2.05, 4.69) is 131 Å². The summed E-state index contributed by atoms with van der Waals surface area (Å²) in [6.45, 7) is 8.70. The third kappa shape index (κ3) is 8.79. The number of allylic oxidation sites excluding steroid dienone is 10. The van der Waals surface area contributed by atoms with Crippen LogP contribution in [-0.2, 0) is 0 Å². The second-order valence-corrected chi connectivity index (χ2v) is 12.2. The lowest BCUT2D eigenvalue weighted by Gasteiger charge is -2.27. The van der Waals surface area contributed by atoms with E-state index in [1.165, 1.54) is 5.56 Å². The van der Waals surface area contributed by atoms with E-state index in [1.54, 1.807) is 24.8 Å². The third-order valence-corrected chi connectivity index (χ3v) is 8.50. The largest absolute Gasteiger partial charge is 0.360 e. The van der Waals surface area contributed by atoms with Gasteiger partial charge in [-0.25, -0.2) is 19.9 Å². The van der Waals surface area contributed by atoms with Crippen molar-refractivity contribution in [2.24, 2.45) is 4.99 Å². The molecule has 0 fully saturated rings. The number of benzene rings is 2. The number of aliphatic imine (C=N–C) groups is 1. The Morgan fingerprint density at radius 3 is 2.35 bits per heavy atom. The lowest BCUT2D eigenvalue weighted by atomic mass is 9.92. The Bertz CT molecular complexity index is 1980. The van der Waals surface area contributed by atoms with Crippen LogP contribution in [0.1, 0.15) is 62.9 Å². The van der Waals surface area contributed by atoms with Crippen LogP contribution in [0.15, 0.2) is 162 Å². The average Bonchev–Trinajstić information content (AvgIpc) is 3.17. The molecule has 1 aliphatic heterocycles. The summed E-state index contributed by atoms with van der Waals surface area (Å²) < 4.78 is 0. The molecule has 0 saturated carbocycles. The number of aromatic nitrogens is 4. The summed E-state index contributed by atoms with van der Waals surface area (Å²) in [5.41, 5.74) is 10.6. The van der Waals surface area contributed by atoms with Gasteiger partial charge >= 0.3 is 0 Å². The first-order valence-electron chi connectivity index (χ1n) is 16.9. The number of unbranched alkanes of at least 4 members (excludes halogenated alkanes) is 1. The second-order valence-electron chi connectivity index (χ2n) is 12.2. The summed E-state index contributed by atoms with van der Waals surface area (Å²) in [6, 6.07) is 22.5. The predicted octanol–water partition coefficient (Wildman–Crippen LogP) is 9.78. The first kappa shape index (κ1) is 33.2. The molecule has 6 rings (SSSR count). The van der Waals surface area contributed by atoms with Gasteiger partial charge in [-0.1, -0.05) is 91.1 Å². The molecule has 1 aliphatic carbocycles. The third-order valence-electron chi connectivity index (χ3n) is 8.50. The van der Waals surface area contributed by atoms with Gasteiger partial charge in [0.1, 0.15) is 6.17 Å². The van der Waals surface area contributed by atoms with E-state index < -0.39 is 0 Å². The molecule has 0 bridgehead atoms. The maximum Gasteiger partial charge on any atom is 0.159 e. The van der Waals surface area contributed by atoms with Gasteiger partial charge in [0.05, 0.1) is 5.71 Å². The van der Waals surface area contributed by atoms with Crippen LogP contribution in [-0.4, -0.2) is 31.8 Å². The molecule has 0 saturated heterocycles. The molecular weight excluding hydrogens is 601 g/mol. The SMILES string of the molecule is C=C(/C=C(\C=C(/C)c1ccccc1)C1N=C(C2=CC(c3ncccn3)=CCC2)C=C(c2cccc(-c3ncccn3)c2)N1)CCC/C=C\C. The molecule has 2 aromatic heterocycles. The standard InChI is InChI=1S/C43H42N6/c1-4-5-6-8-15-31(2)26-38(27-32(3)33-16-9-7-10-17-33)43-48-39(34-18-11-20-36(28-34)41-44-22-13-23-45-41)30-40(49-43)35-19-12-21-37(29-35)42-46-24-14-25-47-42/h4-5,7,9-11,13-14,16-18,20-30,43,48H,2,6,8,12,15,19H2,1,3H3/b5-4-,32-27+,38-26+. The maximum atomic E-state index is 5.40. The first-order valence-corrected chi connectivity index (χ1v) is 16.9. The van der Waals surface area contributed by atoms with Gasteiger partial charge in [-0.15, -0.1) is 0 Å². The number of rotatable bonds is 12. The first-order chi connectivity index (χ1) is 24.1. The molecule has 6 heteroatoms.